The molecule has 0 unspecified atom stereocenters. The molecule has 1 rings (SSSR count). The SMILES string of the molecule is CC.CCN(CCSF)CC(=O)Nc1c(C)cccc1C. The van der Waals surface area contributed by atoms with E-state index in [9.17, 15) is 8.68 Å². The summed E-state index contributed by atoms with van der Waals surface area (Å²) in [5.74, 6) is 0.341. The number of anilines is 1. The zero-order valence-corrected chi connectivity index (χ0v) is 14.5. The molecule has 0 radical (unpaired) electrons. The lowest BCUT2D eigenvalue weighted by Gasteiger charge is -2.19. The third kappa shape index (κ3) is 7.48. The molecule has 1 aromatic carbocycles. The van der Waals surface area contributed by atoms with Gasteiger partial charge in [0.15, 0.2) is 0 Å². The molecule has 0 aromatic heterocycles. The van der Waals surface area contributed by atoms with Crippen molar-refractivity contribution < 1.29 is 8.68 Å². The standard InChI is InChI=1S/C14H21FN2OS.C2H6/c1-4-17(8-9-19-15)10-13(18)16-14-11(2)6-5-7-12(14)3;1-2/h5-7H,4,8-10H2,1-3H3,(H,16,18);1-2H3. The Kier molecular flexibility index (Phi) is 11.0. The number of likely N-dealkylation sites (N-methyl/N-ethyl adjacent to an activating group) is 1. The number of aryl methyl sites for hydroxylation is 2. The minimum Gasteiger partial charge on any atom is -0.324 e. The molecular formula is C16H27FN2OS. The molecule has 0 saturated heterocycles. The maximum Gasteiger partial charge on any atom is 0.238 e. The normalized spacial score (nSPS) is 10.0. The van der Waals surface area contributed by atoms with Gasteiger partial charge >= 0.3 is 0 Å². The third-order valence-corrected chi connectivity index (χ3v) is 3.38. The van der Waals surface area contributed by atoms with Gasteiger partial charge < -0.3 is 5.32 Å². The molecule has 1 N–H and O–H groups in total. The number of hydrogen-bond acceptors (Lipinski definition) is 3. The Hall–Kier alpha value is -1.07. The van der Waals surface area contributed by atoms with Crippen molar-refractivity contribution in [2.45, 2.75) is 34.6 Å². The molecule has 0 bridgehead atoms. The highest BCUT2D eigenvalue weighted by Gasteiger charge is 2.11. The summed E-state index contributed by atoms with van der Waals surface area (Å²) in [6.45, 7) is 11.5. The fourth-order valence-electron chi connectivity index (χ4n) is 1.91. The molecule has 5 heteroatoms. The smallest absolute Gasteiger partial charge is 0.238 e. The first-order chi connectivity index (χ1) is 10.1. The van der Waals surface area contributed by atoms with E-state index in [-0.39, 0.29) is 5.91 Å². The highest BCUT2D eigenvalue weighted by molar-refractivity contribution is 7.94. The zero-order chi connectivity index (χ0) is 16.3. The molecule has 0 atom stereocenters. The number of para-hydroxylation sites is 1. The number of hydrogen-bond donors (Lipinski definition) is 1. The molecule has 1 amide bonds. The van der Waals surface area contributed by atoms with Crippen molar-refractivity contribution in [3.63, 3.8) is 0 Å². The van der Waals surface area contributed by atoms with Crippen molar-refractivity contribution in [3.05, 3.63) is 29.3 Å². The zero-order valence-electron chi connectivity index (χ0n) is 13.7. The fraction of sp³-hybridized carbons (Fsp3) is 0.562. The van der Waals surface area contributed by atoms with E-state index in [1.165, 1.54) is 0 Å². The summed E-state index contributed by atoms with van der Waals surface area (Å²) in [6.07, 6.45) is 0. The van der Waals surface area contributed by atoms with Crippen molar-refractivity contribution in [2.75, 3.05) is 30.7 Å². The molecule has 0 saturated carbocycles. The summed E-state index contributed by atoms with van der Waals surface area (Å²) in [6, 6.07) is 5.91. The van der Waals surface area contributed by atoms with Crippen molar-refractivity contribution in [3.8, 4) is 0 Å². The Morgan fingerprint density at radius 1 is 1.29 bits per heavy atom. The Morgan fingerprint density at radius 2 is 1.86 bits per heavy atom. The highest BCUT2D eigenvalue weighted by atomic mass is 32.2. The minimum atomic E-state index is -0.0527. The van der Waals surface area contributed by atoms with Crippen LogP contribution in [0.5, 0.6) is 0 Å². The summed E-state index contributed by atoms with van der Waals surface area (Å²) >= 11 is 0.308. The van der Waals surface area contributed by atoms with Crippen molar-refractivity contribution in [2.24, 2.45) is 0 Å². The number of rotatable bonds is 7. The number of halogens is 1. The molecule has 0 spiro atoms. The minimum absolute atomic E-state index is 0.0527. The van der Waals surface area contributed by atoms with E-state index >= 15 is 0 Å². The maximum atomic E-state index is 12.1. The van der Waals surface area contributed by atoms with Crippen molar-refractivity contribution in [1.29, 1.82) is 0 Å². The van der Waals surface area contributed by atoms with Crippen molar-refractivity contribution in [1.82, 2.24) is 4.90 Å². The number of benzene rings is 1. The van der Waals surface area contributed by atoms with E-state index in [0.717, 1.165) is 23.4 Å². The Balaban J connectivity index is 0.00000191. The van der Waals surface area contributed by atoms with E-state index in [1.807, 2.05) is 57.7 Å². The molecular weight excluding hydrogens is 287 g/mol. The lowest BCUT2D eigenvalue weighted by molar-refractivity contribution is -0.117. The van der Waals surface area contributed by atoms with Gasteiger partial charge in [-0.15, -0.1) is 0 Å². The second-order valence-corrected chi connectivity index (χ2v) is 5.12. The largest absolute Gasteiger partial charge is 0.324 e. The van der Waals surface area contributed by atoms with Gasteiger partial charge in [-0.2, -0.15) is 3.89 Å². The van der Waals surface area contributed by atoms with Crippen LogP contribution in [0.1, 0.15) is 31.9 Å². The van der Waals surface area contributed by atoms with Gasteiger partial charge in [0.05, 0.1) is 6.54 Å². The first kappa shape index (κ1) is 19.9. The average molecular weight is 314 g/mol. The van der Waals surface area contributed by atoms with Gasteiger partial charge in [-0.25, -0.2) is 0 Å². The highest BCUT2D eigenvalue weighted by Crippen LogP contribution is 2.19. The average Bonchev–Trinajstić information content (AvgIpc) is 2.49. The van der Waals surface area contributed by atoms with Gasteiger partial charge in [0.2, 0.25) is 5.91 Å². The van der Waals surface area contributed by atoms with E-state index in [0.29, 0.717) is 31.0 Å². The third-order valence-electron chi connectivity index (χ3n) is 3.04. The van der Waals surface area contributed by atoms with E-state index in [1.54, 1.807) is 0 Å². The van der Waals surface area contributed by atoms with Crippen LogP contribution in [0, 0.1) is 13.8 Å². The van der Waals surface area contributed by atoms with Crippen LogP contribution in [-0.4, -0.2) is 36.2 Å². The monoisotopic (exact) mass is 314 g/mol. The Bertz CT molecular complexity index is 406. The summed E-state index contributed by atoms with van der Waals surface area (Å²) in [7, 11) is 0. The van der Waals surface area contributed by atoms with Crippen molar-refractivity contribution >= 4 is 23.7 Å². The number of carbonyl (C=O) groups is 1. The topological polar surface area (TPSA) is 32.3 Å². The molecule has 3 nitrogen and oxygen atoms in total. The van der Waals surface area contributed by atoms with Crippen LogP contribution < -0.4 is 5.32 Å². The molecule has 120 valence electrons. The van der Waals surface area contributed by atoms with Gasteiger partial charge in [-0.1, -0.05) is 39.0 Å². The quantitative estimate of drug-likeness (QED) is 0.818. The van der Waals surface area contributed by atoms with Crippen LogP contribution in [0.15, 0.2) is 18.2 Å². The van der Waals surface area contributed by atoms with Crippen LogP contribution in [-0.2, 0) is 4.79 Å². The maximum absolute atomic E-state index is 12.1. The molecule has 0 aliphatic carbocycles. The predicted molar refractivity (Wildman–Crippen MR) is 91.6 cm³/mol. The van der Waals surface area contributed by atoms with Crippen LogP contribution in [0.25, 0.3) is 0 Å². The molecule has 0 heterocycles. The summed E-state index contributed by atoms with van der Waals surface area (Å²) in [4.78, 5) is 13.9. The number of nitrogens with one attached hydrogen (secondary N) is 1. The molecule has 0 fully saturated rings. The lowest BCUT2D eigenvalue weighted by atomic mass is 10.1. The van der Waals surface area contributed by atoms with Gasteiger partial charge in [0.25, 0.3) is 0 Å². The first-order valence-electron chi connectivity index (χ1n) is 7.40. The Morgan fingerprint density at radius 3 is 2.33 bits per heavy atom. The molecule has 1 aromatic rings. The predicted octanol–water partition coefficient (Wildman–Crippen LogP) is 4.21. The van der Waals surface area contributed by atoms with Crippen LogP contribution in [0.3, 0.4) is 0 Å². The van der Waals surface area contributed by atoms with Gasteiger partial charge in [-0.3, -0.25) is 9.69 Å². The second-order valence-electron chi connectivity index (χ2n) is 4.50. The first-order valence-corrected chi connectivity index (χ1v) is 8.29. The fourth-order valence-corrected chi connectivity index (χ4v) is 2.23. The lowest BCUT2D eigenvalue weighted by Crippen LogP contribution is -2.34. The van der Waals surface area contributed by atoms with Gasteiger partial charge in [-0.05, 0) is 31.5 Å². The summed E-state index contributed by atoms with van der Waals surface area (Å²) in [5, 5.41) is 2.94. The van der Waals surface area contributed by atoms with E-state index in [4.69, 9.17) is 0 Å². The van der Waals surface area contributed by atoms with Crippen LogP contribution >= 0.6 is 12.1 Å². The van der Waals surface area contributed by atoms with Gasteiger partial charge in [0.1, 0.15) is 0 Å². The molecule has 0 aliphatic heterocycles. The number of carbonyl (C=O) groups excluding carboxylic acids is 1. The summed E-state index contributed by atoms with van der Waals surface area (Å²) in [5.41, 5.74) is 2.98. The number of nitrogens with zero attached hydrogens (tertiary/aromatic N) is 1. The second kappa shape index (κ2) is 11.6. The van der Waals surface area contributed by atoms with Crippen LogP contribution in [0.2, 0.25) is 0 Å². The van der Waals surface area contributed by atoms with Gasteiger partial charge in [0, 0.05) is 30.1 Å². The number of amides is 1. The van der Waals surface area contributed by atoms with E-state index in [2.05, 4.69) is 5.32 Å². The molecule has 0 aliphatic rings. The van der Waals surface area contributed by atoms with E-state index < -0.39 is 0 Å². The van der Waals surface area contributed by atoms with Crippen LogP contribution in [0.4, 0.5) is 9.57 Å². The molecule has 21 heavy (non-hydrogen) atoms. The Labute approximate surface area is 132 Å². The summed E-state index contributed by atoms with van der Waals surface area (Å²) < 4.78 is 12.1.